The van der Waals surface area contributed by atoms with Crippen molar-refractivity contribution < 1.29 is 24.2 Å². The molecule has 1 aliphatic heterocycles. The number of hydrogen-bond acceptors (Lipinski definition) is 4. The first kappa shape index (κ1) is 16.5. The van der Waals surface area contributed by atoms with E-state index in [1.807, 2.05) is 30.3 Å². The Kier molecular flexibility index (Phi) is 6.36. The van der Waals surface area contributed by atoms with E-state index in [4.69, 9.17) is 14.6 Å². The highest BCUT2D eigenvalue weighted by molar-refractivity contribution is 5.76. The standard InChI is InChI=1S/C16H21NO5/c18-15(6-8-21-12-13-4-2-1-3-5-13)17-7-9-22-14(11-17)10-16(19)20/h1-5,14H,6-12H2,(H,19,20)/t14-/m1/s1. The van der Waals surface area contributed by atoms with Gasteiger partial charge < -0.3 is 19.5 Å². The van der Waals surface area contributed by atoms with Crippen LogP contribution >= 0.6 is 0 Å². The van der Waals surface area contributed by atoms with Gasteiger partial charge in [0.2, 0.25) is 5.91 Å². The van der Waals surface area contributed by atoms with E-state index in [1.165, 1.54) is 0 Å². The van der Waals surface area contributed by atoms with Gasteiger partial charge in [-0.15, -0.1) is 0 Å². The number of benzene rings is 1. The van der Waals surface area contributed by atoms with Gasteiger partial charge in [0.1, 0.15) is 0 Å². The maximum absolute atomic E-state index is 12.1. The van der Waals surface area contributed by atoms with Crippen LogP contribution in [0.4, 0.5) is 0 Å². The van der Waals surface area contributed by atoms with E-state index in [0.29, 0.717) is 39.3 Å². The molecule has 1 aliphatic rings. The molecular weight excluding hydrogens is 286 g/mol. The van der Waals surface area contributed by atoms with Crippen molar-refractivity contribution in [2.45, 2.75) is 25.6 Å². The van der Waals surface area contributed by atoms with Crippen molar-refractivity contribution in [1.29, 1.82) is 0 Å². The van der Waals surface area contributed by atoms with Crippen LogP contribution in [-0.4, -0.2) is 54.3 Å². The topological polar surface area (TPSA) is 76.1 Å². The summed E-state index contributed by atoms with van der Waals surface area (Å²) in [5, 5.41) is 8.77. The van der Waals surface area contributed by atoms with E-state index in [1.54, 1.807) is 4.90 Å². The molecule has 0 bridgehead atoms. The monoisotopic (exact) mass is 307 g/mol. The van der Waals surface area contributed by atoms with Crippen LogP contribution in [0.15, 0.2) is 30.3 Å². The zero-order valence-electron chi connectivity index (χ0n) is 12.4. The number of amides is 1. The van der Waals surface area contributed by atoms with Gasteiger partial charge in [0, 0.05) is 13.1 Å². The lowest BCUT2D eigenvalue weighted by atomic mass is 10.2. The summed E-state index contributed by atoms with van der Waals surface area (Å²) < 4.78 is 10.8. The summed E-state index contributed by atoms with van der Waals surface area (Å²) in [6, 6.07) is 9.78. The van der Waals surface area contributed by atoms with E-state index >= 15 is 0 Å². The van der Waals surface area contributed by atoms with E-state index in [2.05, 4.69) is 0 Å². The Balaban J connectivity index is 1.67. The Hall–Kier alpha value is -1.92. The molecule has 6 nitrogen and oxygen atoms in total. The van der Waals surface area contributed by atoms with Crippen LogP contribution in [0, 0.1) is 0 Å². The molecule has 0 aliphatic carbocycles. The van der Waals surface area contributed by atoms with Crippen molar-refractivity contribution in [3.05, 3.63) is 35.9 Å². The zero-order chi connectivity index (χ0) is 15.8. The van der Waals surface area contributed by atoms with Crippen molar-refractivity contribution >= 4 is 11.9 Å². The normalized spacial score (nSPS) is 18.2. The Morgan fingerprint density at radius 2 is 2.09 bits per heavy atom. The first-order valence-electron chi connectivity index (χ1n) is 7.38. The smallest absolute Gasteiger partial charge is 0.306 e. The zero-order valence-corrected chi connectivity index (χ0v) is 12.4. The quantitative estimate of drug-likeness (QED) is 0.768. The minimum atomic E-state index is -0.912. The summed E-state index contributed by atoms with van der Waals surface area (Å²) in [5.74, 6) is -0.933. The second kappa shape index (κ2) is 8.51. The highest BCUT2D eigenvalue weighted by atomic mass is 16.5. The summed E-state index contributed by atoms with van der Waals surface area (Å²) in [4.78, 5) is 24.4. The molecule has 120 valence electrons. The van der Waals surface area contributed by atoms with Gasteiger partial charge in [0.15, 0.2) is 0 Å². The van der Waals surface area contributed by atoms with Crippen LogP contribution in [0.5, 0.6) is 0 Å². The molecule has 1 fully saturated rings. The number of rotatable bonds is 7. The molecule has 1 amide bonds. The number of carboxylic acids is 1. The molecule has 0 saturated carbocycles. The Labute approximate surface area is 129 Å². The lowest BCUT2D eigenvalue weighted by Crippen LogP contribution is -2.46. The molecule has 0 aromatic heterocycles. The van der Waals surface area contributed by atoms with Crippen LogP contribution in [0.25, 0.3) is 0 Å². The van der Waals surface area contributed by atoms with Gasteiger partial charge >= 0.3 is 5.97 Å². The number of ether oxygens (including phenoxy) is 2. The molecule has 0 radical (unpaired) electrons. The highest BCUT2D eigenvalue weighted by Crippen LogP contribution is 2.10. The number of aliphatic carboxylic acids is 1. The minimum absolute atomic E-state index is 0.0215. The van der Waals surface area contributed by atoms with Crippen molar-refractivity contribution in [2.75, 3.05) is 26.3 Å². The summed E-state index contributed by atoms with van der Waals surface area (Å²) in [6.45, 7) is 2.07. The van der Waals surface area contributed by atoms with Crippen molar-refractivity contribution in [1.82, 2.24) is 4.90 Å². The van der Waals surface area contributed by atoms with E-state index < -0.39 is 12.1 Å². The molecule has 0 spiro atoms. The SMILES string of the molecule is O=C(O)C[C@@H]1CN(C(=O)CCOCc2ccccc2)CCO1. The number of nitrogens with zero attached hydrogens (tertiary/aromatic N) is 1. The van der Waals surface area contributed by atoms with Crippen LogP contribution in [-0.2, 0) is 25.7 Å². The maximum Gasteiger partial charge on any atom is 0.306 e. The summed E-state index contributed by atoms with van der Waals surface area (Å²) in [5.41, 5.74) is 1.07. The fourth-order valence-electron chi connectivity index (χ4n) is 2.35. The highest BCUT2D eigenvalue weighted by Gasteiger charge is 2.25. The van der Waals surface area contributed by atoms with Gasteiger partial charge in [-0.05, 0) is 5.56 Å². The summed E-state index contributed by atoms with van der Waals surface area (Å²) in [7, 11) is 0. The lowest BCUT2D eigenvalue weighted by molar-refractivity contribution is -0.148. The van der Waals surface area contributed by atoms with Crippen molar-refractivity contribution in [2.24, 2.45) is 0 Å². The molecule has 1 heterocycles. The average Bonchev–Trinajstić information content (AvgIpc) is 2.52. The number of carbonyl (C=O) groups is 2. The van der Waals surface area contributed by atoms with Gasteiger partial charge in [-0.2, -0.15) is 0 Å². The summed E-state index contributed by atoms with van der Waals surface area (Å²) >= 11 is 0. The second-order valence-corrected chi connectivity index (χ2v) is 5.22. The Morgan fingerprint density at radius 1 is 1.32 bits per heavy atom. The van der Waals surface area contributed by atoms with Crippen LogP contribution in [0.2, 0.25) is 0 Å². The third-order valence-electron chi connectivity index (χ3n) is 3.47. The van der Waals surface area contributed by atoms with Crippen LogP contribution in [0.1, 0.15) is 18.4 Å². The third kappa shape index (κ3) is 5.46. The van der Waals surface area contributed by atoms with Crippen LogP contribution < -0.4 is 0 Å². The Morgan fingerprint density at radius 3 is 2.82 bits per heavy atom. The molecule has 1 atom stereocenters. The Bertz CT molecular complexity index is 491. The van der Waals surface area contributed by atoms with Gasteiger partial charge in [-0.1, -0.05) is 30.3 Å². The molecule has 1 saturated heterocycles. The van der Waals surface area contributed by atoms with E-state index in [-0.39, 0.29) is 12.3 Å². The second-order valence-electron chi connectivity index (χ2n) is 5.22. The van der Waals surface area contributed by atoms with Crippen LogP contribution in [0.3, 0.4) is 0 Å². The average molecular weight is 307 g/mol. The van der Waals surface area contributed by atoms with Gasteiger partial charge in [-0.25, -0.2) is 0 Å². The fraction of sp³-hybridized carbons (Fsp3) is 0.500. The molecule has 1 N–H and O–H groups in total. The first-order valence-corrected chi connectivity index (χ1v) is 7.38. The molecule has 1 aromatic carbocycles. The number of hydrogen-bond donors (Lipinski definition) is 1. The van der Waals surface area contributed by atoms with Gasteiger partial charge in [0.05, 0.1) is 38.8 Å². The van der Waals surface area contributed by atoms with E-state index in [0.717, 1.165) is 5.56 Å². The van der Waals surface area contributed by atoms with E-state index in [9.17, 15) is 9.59 Å². The first-order chi connectivity index (χ1) is 10.6. The molecule has 0 unspecified atom stereocenters. The predicted molar refractivity (Wildman–Crippen MR) is 79.3 cm³/mol. The lowest BCUT2D eigenvalue weighted by Gasteiger charge is -2.32. The third-order valence-corrected chi connectivity index (χ3v) is 3.47. The maximum atomic E-state index is 12.1. The molecule has 2 rings (SSSR count). The predicted octanol–water partition coefficient (Wildman–Crippen LogP) is 1.30. The number of carbonyl (C=O) groups excluding carboxylic acids is 1. The largest absolute Gasteiger partial charge is 0.481 e. The minimum Gasteiger partial charge on any atom is -0.481 e. The number of carboxylic acid groups (broad SMARTS) is 1. The van der Waals surface area contributed by atoms with Crippen molar-refractivity contribution in [3.63, 3.8) is 0 Å². The number of morpholine rings is 1. The van der Waals surface area contributed by atoms with Gasteiger partial charge in [-0.3, -0.25) is 9.59 Å². The van der Waals surface area contributed by atoms with Gasteiger partial charge in [0.25, 0.3) is 0 Å². The molecular formula is C16H21NO5. The van der Waals surface area contributed by atoms with Crippen molar-refractivity contribution in [3.8, 4) is 0 Å². The fourth-order valence-corrected chi connectivity index (χ4v) is 2.35. The molecule has 6 heteroatoms. The molecule has 22 heavy (non-hydrogen) atoms. The molecule has 1 aromatic rings. The summed E-state index contributed by atoms with van der Waals surface area (Å²) in [6.07, 6.45) is -0.193.